The summed E-state index contributed by atoms with van der Waals surface area (Å²) in [4.78, 5) is 11.7. The number of para-hydroxylation sites is 1. The van der Waals surface area contributed by atoms with Crippen LogP contribution in [0.1, 0.15) is 30.1 Å². The highest BCUT2D eigenvalue weighted by Crippen LogP contribution is 2.27. The zero-order valence-corrected chi connectivity index (χ0v) is 11.8. The van der Waals surface area contributed by atoms with Gasteiger partial charge in [0.1, 0.15) is 5.75 Å². The first-order valence-electron chi connectivity index (χ1n) is 6.98. The zero-order valence-electron chi connectivity index (χ0n) is 11.8. The molecule has 0 radical (unpaired) electrons. The van der Waals surface area contributed by atoms with E-state index in [1.54, 1.807) is 25.1 Å². The standard InChI is InChI=1S/C15H21NO4/c1-2-19-15(17)12-4-3-5-13(14(12)16)20-10-11-6-8-18-9-7-11/h3-5,11H,2,6-10,16H2,1H3. The van der Waals surface area contributed by atoms with E-state index in [-0.39, 0.29) is 0 Å². The Balaban J connectivity index is 2.00. The molecular weight excluding hydrogens is 258 g/mol. The Kier molecular flexibility index (Phi) is 5.24. The van der Waals surface area contributed by atoms with Gasteiger partial charge in [0.15, 0.2) is 0 Å². The van der Waals surface area contributed by atoms with Crippen molar-refractivity contribution in [3.8, 4) is 5.75 Å². The van der Waals surface area contributed by atoms with Crippen molar-refractivity contribution in [3.05, 3.63) is 23.8 Å². The second kappa shape index (κ2) is 7.14. The summed E-state index contributed by atoms with van der Waals surface area (Å²) in [7, 11) is 0. The van der Waals surface area contributed by atoms with Gasteiger partial charge in [0.2, 0.25) is 0 Å². The monoisotopic (exact) mass is 279 g/mol. The number of esters is 1. The molecule has 0 amide bonds. The number of anilines is 1. The van der Waals surface area contributed by atoms with Gasteiger partial charge in [-0.3, -0.25) is 0 Å². The summed E-state index contributed by atoms with van der Waals surface area (Å²) >= 11 is 0. The Bertz CT molecular complexity index is 455. The molecule has 0 spiro atoms. The molecular formula is C15H21NO4. The van der Waals surface area contributed by atoms with Crippen LogP contribution < -0.4 is 10.5 Å². The molecule has 5 nitrogen and oxygen atoms in total. The number of nitrogen functional groups attached to an aromatic ring is 1. The Morgan fingerprint density at radius 1 is 1.40 bits per heavy atom. The Labute approximate surface area is 119 Å². The van der Waals surface area contributed by atoms with Gasteiger partial charge in [0.25, 0.3) is 0 Å². The van der Waals surface area contributed by atoms with Crippen molar-refractivity contribution in [2.45, 2.75) is 19.8 Å². The number of nitrogens with two attached hydrogens (primary N) is 1. The number of ether oxygens (including phenoxy) is 3. The molecule has 1 aliphatic rings. The minimum atomic E-state index is -0.415. The molecule has 2 N–H and O–H groups in total. The van der Waals surface area contributed by atoms with E-state index in [4.69, 9.17) is 19.9 Å². The van der Waals surface area contributed by atoms with Gasteiger partial charge in [-0.25, -0.2) is 4.79 Å². The zero-order chi connectivity index (χ0) is 14.4. The van der Waals surface area contributed by atoms with Crippen molar-refractivity contribution in [1.82, 2.24) is 0 Å². The van der Waals surface area contributed by atoms with Crippen LogP contribution in [0.5, 0.6) is 5.75 Å². The summed E-state index contributed by atoms with van der Waals surface area (Å²) in [6, 6.07) is 5.17. The summed E-state index contributed by atoms with van der Waals surface area (Å²) in [6.07, 6.45) is 1.99. The van der Waals surface area contributed by atoms with E-state index >= 15 is 0 Å². The molecule has 1 aromatic rings. The first kappa shape index (κ1) is 14.7. The van der Waals surface area contributed by atoms with Crippen LogP contribution in [0.4, 0.5) is 5.69 Å². The minimum absolute atomic E-state index is 0.325. The lowest BCUT2D eigenvalue weighted by atomic mass is 10.0. The Hall–Kier alpha value is -1.75. The van der Waals surface area contributed by atoms with E-state index in [0.29, 0.717) is 36.1 Å². The van der Waals surface area contributed by atoms with Gasteiger partial charge in [-0.05, 0) is 37.8 Å². The number of hydrogen-bond donors (Lipinski definition) is 1. The number of hydrogen-bond acceptors (Lipinski definition) is 5. The summed E-state index contributed by atoms with van der Waals surface area (Å²) in [5, 5.41) is 0. The lowest BCUT2D eigenvalue weighted by Gasteiger charge is -2.22. The lowest BCUT2D eigenvalue weighted by Crippen LogP contribution is -2.21. The van der Waals surface area contributed by atoms with Crippen LogP contribution >= 0.6 is 0 Å². The number of benzene rings is 1. The maximum absolute atomic E-state index is 11.7. The Morgan fingerprint density at radius 3 is 2.85 bits per heavy atom. The number of carbonyl (C=O) groups is 1. The lowest BCUT2D eigenvalue weighted by molar-refractivity contribution is 0.0497. The van der Waals surface area contributed by atoms with Crippen LogP contribution in [0, 0.1) is 5.92 Å². The predicted molar refractivity (Wildman–Crippen MR) is 75.8 cm³/mol. The highest BCUT2D eigenvalue weighted by Gasteiger charge is 2.17. The maximum atomic E-state index is 11.7. The van der Waals surface area contributed by atoms with Crippen molar-refractivity contribution in [2.75, 3.05) is 32.2 Å². The Morgan fingerprint density at radius 2 is 2.15 bits per heavy atom. The molecule has 0 aliphatic carbocycles. The largest absolute Gasteiger partial charge is 0.491 e. The summed E-state index contributed by atoms with van der Waals surface area (Å²) in [6.45, 7) is 4.25. The van der Waals surface area contributed by atoms with E-state index in [9.17, 15) is 4.79 Å². The van der Waals surface area contributed by atoms with Crippen LogP contribution in [-0.2, 0) is 9.47 Å². The average molecular weight is 279 g/mol. The summed E-state index contributed by atoms with van der Waals surface area (Å²) in [5.74, 6) is 0.609. The summed E-state index contributed by atoms with van der Waals surface area (Å²) < 4.78 is 16.0. The molecule has 5 heteroatoms. The highest BCUT2D eigenvalue weighted by atomic mass is 16.5. The highest BCUT2D eigenvalue weighted by molar-refractivity contribution is 5.96. The first-order chi connectivity index (χ1) is 9.72. The second-order valence-electron chi connectivity index (χ2n) is 4.80. The van der Waals surface area contributed by atoms with Gasteiger partial charge in [0, 0.05) is 13.2 Å². The van der Waals surface area contributed by atoms with Crippen LogP contribution in [0.3, 0.4) is 0 Å². The van der Waals surface area contributed by atoms with E-state index in [1.807, 2.05) is 0 Å². The van der Waals surface area contributed by atoms with Crippen LogP contribution in [0.25, 0.3) is 0 Å². The van der Waals surface area contributed by atoms with Crippen LogP contribution in [-0.4, -0.2) is 32.4 Å². The SMILES string of the molecule is CCOC(=O)c1cccc(OCC2CCOCC2)c1N. The second-order valence-corrected chi connectivity index (χ2v) is 4.80. The quantitative estimate of drug-likeness (QED) is 0.661. The van der Waals surface area contributed by atoms with E-state index in [2.05, 4.69) is 0 Å². The third-order valence-electron chi connectivity index (χ3n) is 3.38. The fourth-order valence-corrected chi connectivity index (χ4v) is 2.18. The number of rotatable bonds is 5. The molecule has 0 atom stereocenters. The van der Waals surface area contributed by atoms with Gasteiger partial charge < -0.3 is 19.9 Å². The van der Waals surface area contributed by atoms with Crippen molar-refractivity contribution >= 4 is 11.7 Å². The third kappa shape index (κ3) is 3.63. The van der Waals surface area contributed by atoms with Gasteiger partial charge in [-0.1, -0.05) is 6.07 Å². The van der Waals surface area contributed by atoms with Gasteiger partial charge >= 0.3 is 5.97 Å². The average Bonchev–Trinajstić information content (AvgIpc) is 2.47. The number of carbonyl (C=O) groups excluding carboxylic acids is 1. The van der Waals surface area contributed by atoms with E-state index in [0.717, 1.165) is 26.1 Å². The topological polar surface area (TPSA) is 70.8 Å². The molecule has 1 saturated heterocycles. The molecule has 0 saturated carbocycles. The molecule has 0 bridgehead atoms. The van der Waals surface area contributed by atoms with Gasteiger partial charge in [-0.15, -0.1) is 0 Å². The normalized spacial score (nSPS) is 15.8. The fourth-order valence-electron chi connectivity index (χ4n) is 2.18. The van der Waals surface area contributed by atoms with Crippen molar-refractivity contribution in [2.24, 2.45) is 5.92 Å². The van der Waals surface area contributed by atoms with Gasteiger partial charge in [0.05, 0.1) is 24.5 Å². The van der Waals surface area contributed by atoms with E-state index < -0.39 is 5.97 Å². The van der Waals surface area contributed by atoms with Crippen molar-refractivity contribution in [1.29, 1.82) is 0 Å². The van der Waals surface area contributed by atoms with Crippen molar-refractivity contribution < 1.29 is 19.0 Å². The molecule has 20 heavy (non-hydrogen) atoms. The molecule has 110 valence electrons. The van der Waals surface area contributed by atoms with Gasteiger partial charge in [-0.2, -0.15) is 0 Å². The molecule has 1 heterocycles. The molecule has 1 aliphatic heterocycles. The molecule has 0 aromatic heterocycles. The van der Waals surface area contributed by atoms with Crippen LogP contribution in [0.15, 0.2) is 18.2 Å². The van der Waals surface area contributed by atoms with E-state index in [1.165, 1.54) is 0 Å². The van der Waals surface area contributed by atoms with Crippen molar-refractivity contribution in [3.63, 3.8) is 0 Å². The molecule has 1 aromatic carbocycles. The first-order valence-corrected chi connectivity index (χ1v) is 6.98. The minimum Gasteiger partial charge on any atom is -0.491 e. The third-order valence-corrected chi connectivity index (χ3v) is 3.38. The molecule has 2 rings (SSSR count). The fraction of sp³-hybridized carbons (Fsp3) is 0.533. The molecule has 0 unspecified atom stereocenters. The maximum Gasteiger partial charge on any atom is 0.340 e. The smallest absolute Gasteiger partial charge is 0.340 e. The van der Waals surface area contributed by atoms with Crippen LogP contribution in [0.2, 0.25) is 0 Å². The molecule has 1 fully saturated rings. The summed E-state index contributed by atoms with van der Waals surface area (Å²) in [5.41, 5.74) is 6.68. The predicted octanol–water partition coefficient (Wildman–Crippen LogP) is 2.25.